The highest BCUT2D eigenvalue weighted by Gasteiger charge is 2.40. The number of nitrogens with one attached hydrogen (secondary N) is 1. The number of amides is 1. The number of non-ortho nitro benzene ring substituents is 1. The monoisotopic (exact) mass is 617 g/mol. The van der Waals surface area contributed by atoms with E-state index in [0.717, 1.165) is 16.7 Å². The predicted octanol–water partition coefficient (Wildman–Crippen LogP) is 7.30. The maximum absolute atomic E-state index is 12.5. The first-order chi connectivity index (χ1) is 20.7. The smallest absolute Gasteiger partial charge is 0.407 e. The van der Waals surface area contributed by atoms with E-state index < -0.39 is 25.4 Å². The van der Waals surface area contributed by atoms with Gasteiger partial charge in [0.05, 0.1) is 23.1 Å². The predicted molar refractivity (Wildman–Crippen MR) is 173 cm³/mol. The van der Waals surface area contributed by atoms with E-state index in [1.54, 1.807) is 24.3 Å². The van der Waals surface area contributed by atoms with E-state index in [2.05, 4.69) is 38.8 Å². The summed E-state index contributed by atoms with van der Waals surface area (Å²) in [4.78, 5) is 39.7. The highest BCUT2D eigenvalue weighted by Crippen LogP contribution is 2.41. The lowest BCUT2D eigenvalue weighted by Crippen LogP contribution is -2.45. The van der Waals surface area contributed by atoms with Crippen molar-refractivity contribution < 1.29 is 24.0 Å². The minimum absolute atomic E-state index is 0.0206. The topological polar surface area (TPSA) is 135 Å². The quantitative estimate of drug-likeness (QED) is 0.0967. The first kappa shape index (κ1) is 32.4. The molecule has 2 N–H and O–H groups in total. The van der Waals surface area contributed by atoms with Gasteiger partial charge in [0.1, 0.15) is 12.4 Å². The summed E-state index contributed by atoms with van der Waals surface area (Å²) in [6, 6.07) is 22.7. The Balaban J connectivity index is 1.69. The molecule has 4 aromatic rings. The van der Waals surface area contributed by atoms with Gasteiger partial charge in [0, 0.05) is 30.1 Å². The number of pyridine rings is 1. The molecule has 3 aromatic carbocycles. The van der Waals surface area contributed by atoms with E-state index in [1.165, 1.54) is 23.1 Å². The molecule has 0 aliphatic rings. The molecule has 0 radical (unpaired) electrons. The van der Waals surface area contributed by atoms with Crippen LogP contribution in [0.25, 0.3) is 10.9 Å². The van der Waals surface area contributed by atoms with Gasteiger partial charge in [-0.05, 0) is 53.4 Å². The van der Waals surface area contributed by atoms with E-state index in [0.29, 0.717) is 29.7 Å². The maximum atomic E-state index is 12.5. The van der Waals surface area contributed by atoms with Crippen molar-refractivity contribution in [2.75, 3.05) is 13.1 Å². The molecular weight excluding hydrogens is 578 g/mol. The Hall–Kier alpha value is -4.48. The molecule has 0 aliphatic heterocycles. The van der Waals surface area contributed by atoms with Gasteiger partial charge in [-0.15, -0.1) is 0 Å². The van der Waals surface area contributed by atoms with Crippen LogP contribution >= 0.6 is 0 Å². The van der Waals surface area contributed by atoms with Crippen LogP contribution < -0.4 is 10.3 Å². The van der Waals surface area contributed by atoms with Crippen LogP contribution in [0, 0.1) is 10.1 Å². The number of fused-ring (bicyclic) bond motifs is 1. The molecule has 11 heteroatoms. The first-order valence-electron chi connectivity index (χ1n) is 14.5. The number of rotatable bonds is 12. The van der Waals surface area contributed by atoms with Gasteiger partial charge >= 0.3 is 6.09 Å². The van der Waals surface area contributed by atoms with E-state index in [9.17, 15) is 24.8 Å². The number of benzene rings is 3. The van der Waals surface area contributed by atoms with Crippen molar-refractivity contribution in [1.82, 2.24) is 9.88 Å². The maximum Gasteiger partial charge on any atom is 0.407 e. The molecule has 0 aliphatic carbocycles. The minimum atomic E-state index is -2.41. The molecule has 4 rings (SSSR count). The summed E-state index contributed by atoms with van der Waals surface area (Å²) >= 11 is 0. The normalized spacial score (nSPS) is 12.6. The summed E-state index contributed by atoms with van der Waals surface area (Å²) in [6.45, 7) is 11.1. The molecule has 232 valence electrons. The average molecular weight is 618 g/mol. The third kappa shape index (κ3) is 7.91. The van der Waals surface area contributed by atoms with Crippen LogP contribution in [0.15, 0.2) is 83.7 Å². The van der Waals surface area contributed by atoms with Crippen LogP contribution in [0.4, 0.5) is 10.5 Å². The van der Waals surface area contributed by atoms with Crippen molar-refractivity contribution in [2.45, 2.75) is 58.0 Å². The van der Waals surface area contributed by atoms with Gasteiger partial charge in [-0.1, -0.05) is 69.3 Å². The molecule has 0 saturated carbocycles. The third-order valence-corrected chi connectivity index (χ3v) is 12.7. The molecule has 0 unspecified atom stereocenters. The Bertz CT molecular complexity index is 1670. The van der Waals surface area contributed by atoms with Crippen LogP contribution in [0.3, 0.4) is 0 Å². The number of nitro groups is 1. The molecule has 1 heterocycles. The van der Waals surface area contributed by atoms with Crippen LogP contribution in [0.5, 0.6) is 5.75 Å². The second-order valence-electron chi connectivity index (χ2n) is 12.3. The van der Waals surface area contributed by atoms with Crippen LogP contribution in [-0.2, 0) is 17.5 Å². The van der Waals surface area contributed by atoms with Gasteiger partial charge in [0.2, 0.25) is 5.56 Å². The lowest BCUT2D eigenvalue weighted by molar-refractivity contribution is -0.384. The van der Waals surface area contributed by atoms with E-state index in [-0.39, 0.29) is 29.4 Å². The number of hydrogen-bond acceptors (Lipinski definition) is 6. The second-order valence-corrected chi connectivity index (χ2v) is 17.1. The number of nitro benzene ring substituents is 1. The Morgan fingerprint density at radius 1 is 1.00 bits per heavy atom. The summed E-state index contributed by atoms with van der Waals surface area (Å²) in [5.41, 5.74) is 2.72. The number of hydrogen-bond donors (Lipinski definition) is 2. The van der Waals surface area contributed by atoms with Gasteiger partial charge in [0.25, 0.3) is 5.69 Å². The first-order valence-corrected chi connectivity index (χ1v) is 17.4. The fourth-order valence-electron chi connectivity index (χ4n) is 4.63. The van der Waals surface area contributed by atoms with Crippen molar-refractivity contribution in [3.63, 3.8) is 0 Å². The van der Waals surface area contributed by atoms with E-state index >= 15 is 0 Å². The molecule has 1 atom stereocenters. The third-order valence-electron chi connectivity index (χ3n) is 8.19. The number of aromatic amines is 1. The highest BCUT2D eigenvalue weighted by molar-refractivity contribution is 6.74. The number of nitrogens with zero attached hydrogens (tertiary/aromatic N) is 2. The molecule has 0 saturated heterocycles. The molecule has 10 nitrogen and oxygen atoms in total. The number of ether oxygens (including phenoxy) is 1. The summed E-state index contributed by atoms with van der Waals surface area (Å²) in [5, 5.41) is 21.8. The van der Waals surface area contributed by atoms with Crippen molar-refractivity contribution in [3.05, 3.63) is 116 Å². The van der Waals surface area contributed by atoms with Crippen molar-refractivity contribution >= 4 is 31.0 Å². The van der Waals surface area contributed by atoms with Gasteiger partial charge in [0.15, 0.2) is 8.32 Å². The summed E-state index contributed by atoms with van der Waals surface area (Å²) in [7, 11) is -2.41. The van der Waals surface area contributed by atoms with Crippen molar-refractivity contribution in [1.29, 1.82) is 0 Å². The number of carbonyl (C=O) groups is 1. The fraction of sp³-hybridized carbons (Fsp3) is 0.333. The lowest BCUT2D eigenvalue weighted by Gasteiger charge is -2.40. The minimum Gasteiger partial charge on any atom is -0.487 e. The largest absolute Gasteiger partial charge is 0.487 e. The zero-order valence-corrected chi connectivity index (χ0v) is 26.7. The molecule has 0 fully saturated rings. The van der Waals surface area contributed by atoms with Gasteiger partial charge in [-0.2, -0.15) is 0 Å². The number of aromatic nitrogens is 1. The number of carboxylic acid groups (broad SMARTS) is 1. The lowest BCUT2D eigenvalue weighted by atomic mass is 10.0. The van der Waals surface area contributed by atoms with Crippen LogP contribution in [-0.4, -0.2) is 47.4 Å². The Morgan fingerprint density at radius 2 is 1.68 bits per heavy atom. The molecule has 1 amide bonds. The van der Waals surface area contributed by atoms with Crippen molar-refractivity contribution in [3.8, 4) is 5.75 Å². The van der Waals surface area contributed by atoms with Crippen LogP contribution in [0.1, 0.15) is 43.6 Å². The Kier molecular flexibility index (Phi) is 9.90. The zero-order chi connectivity index (χ0) is 32.1. The molecule has 0 bridgehead atoms. The molecule has 1 aromatic heterocycles. The zero-order valence-electron chi connectivity index (χ0n) is 25.7. The van der Waals surface area contributed by atoms with Crippen molar-refractivity contribution in [2.24, 2.45) is 0 Å². The Morgan fingerprint density at radius 3 is 2.30 bits per heavy atom. The molecule has 44 heavy (non-hydrogen) atoms. The fourth-order valence-corrected chi connectivity index (χ4v) is 5.90. The van der Waals surface area contributed by atoms with E-state index in [1.807, 2.05) is 36.4 Å². The van der Waals surface area contributed by atoms with E-state index in [4.69, 9.17) is 9.16 Å². The summed E-state index contributed by atoms with van der Waals surface area (Å²) < 4.78 is 13.0. The summed E-state index contributed by atoms with van der Waals surface area (Å²) in [6.07, 6.45) is -1.37. The van der Waals surface area contributed by atoms with Crippen LogP contribution in [0.2, 0.25) is 18.1 Å². The standard InChI is InChI=1S/C33H39N3O7Si/c1-33(2,3)44(4,5)43-29(21-35(32(38)39)20-19-23-11-13-25(14-12-23)36(40)41)26-15-17-28(31-27(26)16-18-30(37)34-31)42-22-24-9-7-6-8-10-24/h6-18,29H,19-22H2,1-5H3,(H,34,37)(H,38,39)/t29-/m1/s1. The summed E-state index contributed by atoms with van der Waals surface area (Å²) in [5.74, 6) is 0.504. The van der Waals surface area contributed by atoms with Gasteiger partial charge < -0.3 is 24.2 Å². The molecule has 0 spiro atoms. The second kappa shape index (κ2) is 13.4. The molecular formula is C33H39N3O7Si. The van der Waals surface area contributed by atoms with Gasteiger partial charge in [-0.3, -0.25) is 14.9 Å². The average Bonchev–Trinajstić information content (AvgIpc) is 2.97. The Labute approximate surface area is 257 Å². The van der Waals surface area contributed by atoms with Gasteiger partial charge in [-0.25, -0.2) is 4.79 Å². The number of H-pyrrole nitrogens is 1. The highest BCUT2D eigenvalue weighted by atomic mass is 28.4. The SMILES string of the molecule is CC(C)(C)[Si](C)(C)O[C@H](CN(CCc1ccc([N+](=O)[O-])cc1)C(=O)O)c1ccc(OCc2ccccc2)c2[nH]c(=O)ccc12.